The van der Waals surface area contributed by atoms with Crippen LogP contribution in [0.4, 0.5) is 12.9 Å². The zero-order valence-corrected chi connectivity index (χ0v) is 7.48. The smallest absolute Gasteiger partial charge is 0.448 e. The fourth-order valence-electron chi connectivity index (χ4n) is 1.33. The molecule has 2 heterocycles. The van der Waals surface area contributed by atoms with E-state index in [9.17, 15) is 17.7 Å². The van der Waals surface area contributed by atoms with Crippen molar-refractivity contribution in [1.82, 2.24) is 14.2 Å². The Bertz CT molecular complexity index is 544. The highest BCUT2D eigenvalue weighted by Gasteiger charge is 2.24. The monoisotopic (exact) mass is 216 g/mol. The molecule has 15 heavy (non-hydrogen) atoms. The lowest BCUT2D eigenvalue weighted by atomic mass is 9.92. The van der Waals surface area contributed by atoms with Crippen LogP contribution in [0.5, 0.6) is 0 Å². The van der Waals surface area contributed by atoms with E-state index in [0.29, 0.717) is 4.57 Å². The maximum atomic E-state index is 12.1. The van der Waals surface area contributed by atoms with Gasteiger partial charge >= 0.3 is 6.98 Å². The van der Waals surface area contributed by atoms with E-state index in [4.69, 9.17) is 0 Å². The number of halogens is 3. The summed E-state index contributed by atoms with van der Waals surface area (Å²) in [5, 5.41) is 3.74. The van der Waals surface area contributed by atoms with Crippen LogP contribution < -0.4 is 5.56 Å². The Morgan fingerprint density at radius 3 is 2.73 bits per heavy atom. The van der Waals surface area contributed by atoms with Crippen LogP contribution in [0.25, 0.3) is 5.52 Å². The summed E-state index contributed by atoms with van der Waals surface area (Å²) in [4.78, 5) is 11.5. The molecule has 0 amide bonds. The van der Waals surface area contributed by atoms with Gasteiger partial charge in [-0.05, 0) is 12.5 Å². The molecule has 0 saturated heterocycles. The van der Waals surface area contributed by atoms with Crippen molar-refractivity contribution in [2.24, 2.45) is 0 Å². The standard InChI is InChI=1S/C7H6BF3N3O/c9-8(10,11)5-13-3-4-14-6(7(13)15)1-2-12-14/h1-4H,5H2/q-1. The largest absolute Gasteiger partial charge is 0.497 e. The molecule has 80 valence electrons. The van der Waals surface area contributed by atoms with E-state index in [-0.39, 0.29) is 5.52 Å². The second-order valence-electron chi connectivity index (χ2n) is 3.13. The van der Waals surface area contributed by atoms with Gasteiger partial charge < -0.3 is 17.5 Å². The molecule has 0 N–H and O–H groups in total. The Morgan fingerprint density at radius 2 is 2.07 bits per heavy atom. The molecule has 0 aliphatic heterocycles. The number of nitrogens with zero attached hydrogens (tertiary/aromatic N) is 3. The number of fused-ring (bicyclic) bond motifs is 1. The van der Waals surface area contributed by atoms with Gasteiger partial charge in [-0.3, -0.25) is 4.79 Å². The van der Waals surface area contributed by atoms with Gasteiger partial charge in [-0.2, -0.15) is 5.10 Å². The van der Waals surface area contributed by atoms with Crippen molar-refractivity contribution in [2.45, 2.75) is 6.44 Å². The highest BCUT2D eigenvalue weighted by molar-refractivity contribution is 6.57. The van der Waals surface area contributed by atoms with Gasteiger partial charge in [0.1, 0.15) is 5.52 Å². The molecule has 2 aromatic rings. The third kappa shape index (κ3) is 1.88. The molecule has 2 aromatic heterocycles. The van der Waals surface area contributed by atoms with Crippen LogP contribution in [-0.2, 0) is 6.44 Å². The molecular formula is C7H6BF3N3O-. The minimum atomic E-state index is -5.01. The van der Waals surface area contributed by atoms with E-state index in [0.717, 1.165) is 6.20 Å². The van der Waals surface area contributed by atoms with Crippen molar-refractivity contribution in [3.05, 3.63) is 35.0 Å². The summed E-state index contributed by atoms with van der Waals surface area (Å²) in [6.45, 7) is -5.01. The number of rotatable bonds is 2. The fourth-order valence-corrected chi connectivity index (χ4v) is 1.33. The van der Waals surface area contributed by atoms with Crippen LogP contribution in [0.2, 0.25) is 0 Å². The third-order valence-electron chi connectivity index (χ3n) is 1.94. The molecule has 4 nitrogen and oxygen atoms in total. The Kier molecular flexibility index (Phi) is 2.06. The maximum Gasteiger partial charge on any atom is 0.497 e. The van der Waals surface area contributed by atoms with Gasteiger partial charge in [0.15, 0.2) is 0 Å². The van der Waals surface area contributed by atoms with E-state index in [1.807, 2.05) is 0 Å². The molecule has 0 spiro atoms. The van der Waals surface area contributed by atoms with Gasteiger partial charge in [-0.1, -0.05) is 0 Å². The molecule has 2 rings (SSSR count). The second-order valence-corrected chi connectivity index (χ2v) is 3.13. The average molecular weight is 216 g/mol. The lowest BCUT2D eigenvalue weighted by Gasteiger charge is -2.15. The molecule has 0 aromatic carbocycles. The van der Waals surface area contributed by atoms with Crippen molar-refractivity contribution in [1.29, 1.82) is 0 Å². The van der Waals surface area contributed by atoms with E-state index < -0.39 is 19.0 Å². The van der Waals surface area contributed by atoms with E-state index in [1.165, 1.54) is 23.0 Å². The molecule has 0 unspecified atom stereocenters. The summed E-state index contributed by atoms with van der Waals surface area (Å²) >= 11 is 0. The fraction of sp³-hybridized carbons (Fsp3) is 0.143. The summed E-state index contributed by atoms with van der Waals surface area (Å²) in [6, 6.07) is 1.38. The van der Waals surface area contributed by atoms with Crippen molar-refractivity contribution in [3.8, 4) is 0 Å². The predicted molar refractivity (Wildman–Crippen MR) is 48.5 cm³/mol. The predicted octanol–water partition coefficient (Wildman–Crippen LogP) is 0.883. The van der Waals surface area contributed by atoms with Crippen LogP contribution in [0.3, 0.4) is 0 Å². The van der Waals surface area contributed by atoms with Crippen LogP contribution in [0.15, 0.2) is 29.5 Å². The number of aromatic nitrogens is 3. The van der Waals surface area contributed by atoms with Crippen molar-refractivity contribution in [2.75, 3.05) is 0 Å². The van der Waals surface area contributed by atoms with E-state index in [1.54, 1.807) is 0 Å². The molecular weight excluding hydrogens is 210 g/mol. The van der Waals surface area contributed by atoms with Gasteiger partial charge in [0.2, 0.25) is 0 Å². The lowest BCUT2D eigenvalue weighted by molar-refractivity contribution is 0.442. The number of hydrogen-bond acceptors (Lipinski definition) is 2. The first-order valence-corrected chi connectivity index (χ1v) is 4.21. The van der Waals surface area contributed by atoms with Crippen molar-refractivity contribution in [3.63, 3.8) is 0 Å². The quantitative estimate of drug-likeness (QED) is 0.699. The zero-order valence-electron chi connectivity index (χ0n) is 7.48. The first-order valence-electron chi connectivity index (χ1n) is 4.21. The Labute approximate surface area is 82.0 Å². The van der Waals surface area contributed by atoms with Crippen LogP contribution in [0.1, 0.15) is 0 Å². The summed E-state index contributed by atoms with van der Waals surface area (Å²) in [5.74, 6) is 0. The highest BCUT2D eigenvalue weighted by Crippen LogP contribution is 2.10. The maximum absolute atomic E-state index is 12.1. The zero-order chi connectivity index (χ0) is 11.1. The molecule has 0 fully saturated rings. The summed E-state index contributed by atoms with van der Waals surface area (Å²) in [6.07, 6.45) is 2.54. The SMILES string of the molecule is O=c1c2ccnn2ccn1C[B-](F)(F)F. The van der Waals surface area contributed by atoms with Gasteiger partial charge in [0.05, 0.1) is 6.20 Å². The highest BCUT2D eigenvalue weighted by atomic mass is 19.4. The molecule has 0 atom stereocenters. The Morgan fingerprint density at radius 1 is 1.33 bits per heavy atom. The Hall–Kier alpha value is -1.73. The first-order chi connectivity index (χ1) is 6.97. The number of hydrogen-bond donors (Lipinski definition) is 0. The molecule has 0 radical (unpaired) electrons. The molecule has 0 bridgehead atoms. The summed E-state index contributed by atoms with van der Waals surface area (Å²) < 4.78 is 38.3. The second kappa shape index (κ2) is 3.14. The van der Waals surface area contributed by atoms with E-state index >= 15 is 0 Å². The topological polar surface area (TPSA) is 39.3 Å². The summed E-state index contributed by atoms with van der Waals surface area (Å²) in [5.41, 5.74) is -0.549. The van der Waals surface area contributed by atoms with Crippen LogP contribution >= 0.6 is 0 Å². The third-order valence-corrected chi connectivity index (χ3v) is 1.94. The lowest BCUT2D eigenvalue weighted by Crippen LogP contribution is -2.32. The van der Waals surface area contributed by atoms with Crippen LogP contribution in [-0.4, -0.2) is 21.2 Å². The normalized spacial score (nSPS) is 12.2. The Balaban J connectivity index is 2.53. The minimum Gasteiger partial charge on any atom is -0.448 e. The first kappa shape index (κ1) is 9.82. The molecule has 0 aliphatic rings. The van der Waals surface area contributed by atoms with Gasteiger partial charge in [-0.15, -0.1) is 0 Å². The van der Waals surface area contributed by atoms with Gasteiger partial charge in [-0.25, -0.2) is 4.52 Å². The minimum absolute atomic E-state index is 0.137. The molecule has 0 saturated carbocycles. The van der Waals surface area contributed by atoms with Crippen LogP contribution in [0, 0.1) is 0 Å². The van der Waals surface area contributed by atoms with E-state index in [2.05, 4.69) is 5.10 Å². The average Bonchev–Trinajstić information content (AvgIpc) is 2.56. The van der Waals surface area contributed by atoms with Crippen molar-refractivity contribution < 1.29 is 12.9 Å². The van der Waals surface area contributed by atoms with Gasteiger partial charge in [0, 0.05) is 12.4 Å². The molecule has 0 aliphatic carbocycles. The molecule has 8 heteroatoms. The van der Waals surface area contributed by atoms with Crippen molar-refractivity contribution >= 4 is 12.5 Å². The van der Waals surface area contributed by atoms with Gasteiger partial charge in [0.25, 0.3) is 5.56 Å². The summed E-state index contributed by atoms with van der Waals surface area (Å²) in [7, 11) is 0.